The second-order valence-corrected chi connectivity index (χ2v) is 4.37. The number of pyridine rings is 1. The first-order chi connectivity index (χ1) is 8.72. The molecule has 0 spiro atoms. The Balaban J connectivity index is 2.19. The maximum atomic E-state index is 12.3. The van der Waals surface area contributed by atoms with Gasteiger partial charge < -0.3 is 15.0 Å². The van der Waals surface area contributed by atoms with Crippen LogP contribution in [0.1, 0.15) is 17.4 Å². The Hall–Kier alpha value is -1.33. The van der Waals surface area contributed by atoms with Crippen molar-refractivity contribution in [1.29, 1.82) is 0 Å². The molecule has 0 aromatic carbocycles. The summed E-state index contributed by atoms with van der Waals surface area (Å²) in [4.78, 5) is 18.3. The Labute approximate surface area is 111 Å². The molecule has 98 valence electrons. The summed E-state index contributed by atoms with van der Waals surface area (Å²) in [7, 11) is 0. The normalized spacial score (nSPS) is 15.6. The van der Waals surface area contributed by atoms with Crippen molar-refractivity contribution in [2.75, 3.05) is 38.2 Å². The lowest BCUT2D eigenvalue weighted by Crippen LogP contribution is -2.41. The van der Waals surface area contributed by atoms with E-state index in [0.717, 1.165) is 6.54 Å². The summed E-state index contributed by atoms with van der Waals surface area (Å²) >= 11 is 6.04. The van der Waals surface area contributed by atoms with Gasteiger partial charge in [-0.3, -0.25) is 4.79 Å². The van der Waals surface area contributed by atoms with Gasteiger partial charge in [-0.15, -0.1) is 0 Å². The van der Waals surface area contributed by atoms with Crippen LogP contribution < -0.4 is 5.32 Å². The van der Waals surface area contributed by atoms with Gasteiger partial charge in [0, 0.05) is 19.6 Å². The first-order valence-electron chi connectivity index (χ1n) is 6.00. The highest BCUT2D eigenvalue weighted by Gasteiger charge is 2.22. The van der Waals surface area contributed by atoms with E-state index in [-0.39, 0.29) is 5.91 Å². The zero-order valence-corrected chi connectivity index (χ0v) is 11.0. The molecule has 1 amide bonds. The van der Waals surface area contributed by atoms with Crippen molar-refractivity contribution < 1.29 is 9.53 Å². The van der Waals surface area contributed by atoms with Crippen LogP contribution in [0.3, 0.4) is 0 Å². The summed E-state index contributed by atoms with van der Waals surface area (Å²) in [6.07, 6.45) is 0. The Morgan fingerprint density at radius 1 is 1.50 bits per heavy atom. The van der Waals surface area contributed by atoms with Gasteiger partial charge in [-0.05, 0) is 19.1 Å². The number of aromatic nitrogens is 1. The second-order valence-electron chi connectivity index (χ2n) is 3.96. The van der Waals surface area contributed by atoms with E-state index >= 15 is 0 Å². The molecule has 0 unspecified atom stereocenters. The molecule has 18 heavy (non-hydrogen) atoms. The number of rotatable bonds is 3. The Morgan fingerprint density at radius 2 is 2.22 bits per heavy atom. The fourth-order valence-corrected chi connectivity index (χ4v) is 1.97. The molecular formula is C12H16ClN3O2. The van der Waals surface area contributed by atoms with Crippen LogP contribution in [-0.2, 0) is 4.74 Å². The van der Waals surface area contributed by atoms with Crippen molar-refractivity contribution in [1.82, 2.24) is 9.88 Å². The van der Waals surface area contributed by atoms with E-state index < -0.39 is 0 Å². The van der Waals surface area contributed by atoms with E-state index in [9.17, 15) is 4.79 Å². The zero-order valence-electron chi connectivity index (χ0n) is 10.3. The molecule has 1 N–H and O–H groups in total. The summed E-state index contributed by atoms with van der Waals surface area (Å²) < 4.78 is 5.22. The molecule has 1 aromatic rings. The number of halogens is 1. The quantitative estimate of drug-likeness (QED) is 0.906. The van der Waals surface area contributed by atoms with Crippen molar-refractivity contribution in [3.05, 3.63) is 22.8 Å². The second kappa shape index (κ2) is 6.02. The molecule has 6 heteroatoms. The Morgan fingerprint density at radius 3 is 2.89 bits per heavy atom. The average Bonchev–Trinajstić information content (AvgIpc) is 2.41. The number of amides is 1. The molecular weight excluding hydrogens is 254 g/mol. The number of ether oxygens (including phenoxy) is 1. The first-order valence-corrected chi connectivity index (χ1v) is 6.37. The highest BCUT2D eigenvalue weighted by Crippen LogP contribution is 2.19. The molecule has 0 aliphatic carbocycles. The standard InChI is InChI=1S/C12H16ClN3O2/c1-2-14-10-4-3-9(13)11(15-10)12(17)16-5-7-18-8-6-16/h3-4H,2,5-8H2,1H3,(H,14,15). The zero-order chi connectivity index (χ0) is 13.0. The minimum Gasteiger partial charge on any atom is -0.378 e. The summed E-state index contributed by atoms with van der Waals surface area (Å²) in [6.45, 7) is 5.02. The molecule has 1 saturated heterocycles. The van der Waals surface area contributed by atoms with Crippen LogP contribution in [0.4, 0.5) is 5.82 Å². The third-order valence-electron chi connectivity index (χ3n) is 2.70. The monoisotopic (exact) mass is 269 g/mol. The van der Waals surface area contributed by atoms with Crippen molar-refractivity contribution in [2.45, 2.75) is 6.92 Å². The molecule has 0 saturated carbocycles. The van der Waals surface area contributed by atoms with Gasteiger partial charge in [-0.25, -0.2) is 4.98 Å². The highest BCUT2D eigenvalue weighted by molar-refractivity contribution is 6.33. The van der Waals surface area contributed by atoms with Crippen molar-refractivity contribution in [3.63, 3.8) is 0 Å². The predicted molar refractivity (Wildman–Crippen MR) is 70.1 cm³/mol. The average molecular weight is 270 g/mol. The van der Waals surface area contributed by atoms with E-state index in [4.69, 9.17) is 16.3 Å². The lowest BCUT2D eigenvalue weighted by molar-refractivity contribution is 0.0299. The number of morpholine rings is 1. The van der Waals surface area contributed by atoms with Crippen molar-refractivity contribution >= 4 is 23.3 Å². The highest BCUT2D eigenvalue weighted by atomic mass is 35.5. The fourth-order valence-electron chi connectivity index (χ4n) is 1.79. The molecule has 1 aromatic heterocycles. The SMILES string of the molecule is CCNc1ccc(Cl)c(C(=O)N2CCOCC2)n1. The minimum absolute atomic E-state index is 0.136. The molecule has 2 rings (SSSR count). The van der Waals surface area contributed by atoms with Crippen LogP contribution in [0.25, 0.3) is 0 Å². The topological polar surface area (TPSA) is 54.5 Å². The summed E-state index contributed by atoms with van der Waals surface area (Å²) in [6, 6.07) is 3.46. The van der Waals surface area contributed by atoms with Gasteiger partial charge in [0.15, 0.2) is 0 Å². The molecule has 2 heterocycles. The smallest absolute Gasteiger partial charge is 0.274 e. The van der Waals surface area contributed by atoms with Crippen LogP contribution in [0, 0.1) is 0 Å². The van der Waals surface area contributed by atoms with Gasteiger partial charge in [-0.2, -0.15) is 0 Å². The predicted octanol–water partition coefficient (Wildman–Crippen LogP) is 1.64. The number of nitrogens with zero attached hydrogens (tertiary/aromatic N) is 2. The third-order valence-corrected chi connectivity index (χ3v) is 3.01. The van der Waals surface area contributed by atoms with Crippen LogP contribution in [-0.4, -0.2) is 48.6 Å². The van der Waals surface area contributed by atoms with E-state index in [1.165, 1.54) is 0 Å². The number of nitrogens with one attached hydrogen (secondary N) is 1. The van der Waals surface area contributed by atoms with Crippen LogP contribution in [0.2, 0.25) is 5.02 Å². The largest absolute Gasteiger partial charge is 0.378 e. The van der Waals surface area contributed by atoms with E-state index in [2.05, 4.69) is 10.3 Å². The summed E-state index contributed by atoms with van der Waals surface area (Å²) in [5.41, 5.74) is 0.303. The van der Waals surface area contributed by atoms with Crippen LogP contribution >= 0.6 is 11.6 Å². The number of hydrogen-bond acceptors (Lipinski definition) is 4. The fraction of sp³-hybridized carbons (Fsp3) is 0.500. The van der Waals surface area contributed by atoms with Gasteiger partial charge in [0.2, 0.25) is 0 Å². The third kappa shape index (κ3) is 2.91. The molecule has 0 radical (unpaired) electrons. The first kappa shape index (κ1) is 13.1. The lowest BCUT2D eigenvalue weighted by atomic mass is 10.3. The summed E-state index contributed by atoms with van der Waals surface area (Å²) in [5, 5.41) is 3.45. The number of carbonyl (C=O) groups excluding carboxylic acids is 1. The molecule has 1 fully saturated rings. The number of hydrogen-bond donors (Lipinski definition) is 1. The van der Waals surface area contributed by atoms with E-state index in [1.807, 2.05) is 6.92 Å². The van der Waals surface area contributed by atoms with Gasteiger partial charge >= 0.3 is 0 Å². The van der Waals surface area contributed by atoms with Gasteiger partial charge in [0.1, 0.15) is 11.5 Å². The van der Waals surface area contributed by atoms with E-state index in [0.29, 0.717) is 42.8 Å². The minimum atomic E-state index is -0.136. The lowest BCUT2D eigenvalue weighted by Gasteiger charge is -2.26. The van der Waals surface area contributed by atoms with Gasteiger partial charge in [0.25, 0.3) is 5.91 Å². The number of anilines is 1. The molecule has 0 bridgehead atoms. The molecule has 5 nitrogen and oxygen atoms in total. The Kier molecular flexibility index (Phi) is 4.38. The molecule has 0 atom stereocenters. The maximum Gasteiger partial charge on any atom is 0.274 e. The van der Waals surface area contributed by atoms with Gasteiger partial charge in [0.05, 0.1) is 18.2 Å². The number of carbonyl (C=O) groups is 1. The van der Waals surface area contributed by atoms with Crippen molar-refractivity contribution in [3.8, 4) is 0 Å². The maximum absolute atomic E-state index is 12.3. The molecule has 1 aliphatic rings. The Bertz CT molecular complexity index is 433. The van der Waals surface area contributed by atoms with Crippen LogP contribution in [0.15, 0.2) is 12.1 Å². The van der Waals surface area contributed by atoms with Crippen LogP contribution in [0.5, 0.6) is 0 Å². The summed E-state index contributed by atoms with van der Waals surface area (Å²) in [5.74, 6) is 0.529. The van der Waals surface area contributed by atoms with Gasteiger partial charge in [-0.1, -0.05) is 11.6 Å². The van der Waals surface area contributed by atoms with E-state index in [1.54, 1.807) is 17.0 Å². The molecule has 1 aliphatic heterocycles. The van der Waals surface area contributed by atoms with Crippen molar-refractivity contribution in [2.24, 2.45) is 0 Å².